The highest BCUT2D eigenvalue weighted by molar-refractivity contribution is 6.31. The molecule has 1 aliphatic rings. The van der Waals surface area contributed by atoms with Gasteiger partial charge < -0.3 is 19.4 Å². The fourth-order valence-electron chi connectivity index (χ4n) is 4.25. The molecule has 1 saturated heterocycles. The zero-order chi connectivity index (χ0) is 23.5. The molecule has 0 unspecified atom stereocenters. The molecule has 5 rings (SSSR count). The lowest BCUT2D eigenvalue weighted by atomic mass is 10.1. The van der Waals surface area contributed by atoms with Crippen LogP contribution in [0.4, 0.5) is 0 Å². The molecule has 0 spiro atoms. The van der Waals surface area contributed by atoms with Gasteiger partial charge in [-0.2, -0.15) is 0 Å². The maximum Gasteiger partial charge on any atom is 0.271 e. The summed E-state index contributed by atoms with van der Waals surface area (Å²) in [5.41, 5.74) is 4.18. The summed E-state index contributed by atoms with van der Waals surface area (Å²) >= 11 is 6.19. The van der Waals surface area contributed by atoms with Gasteiger partial charge in [0, 0.05) is 35.1 Å². The summed E-state index contributed by atoms with van der Waals surface area (Å²) in [7, 11) is 0. The van der Waals surface area contributed by atoms with Gasteiger partial charge in [0.1, 0.15) is 17.5 Å². The lowest BCUT2D eigenvalue weighted by Crippen LogP contribution is -2.31. The predicted octanol–water partition coefficient (Wildman–Crippen LogP) is 5.54. The van der Waals surface area contributed by atoms with E-state index in [1.165, 1.54) is 0 Å². The average Bonchev–Trinajstić information content (AvgIpc) is 3.48. The molecule has 2 aromatic heterocycles. The summed E-state index contributed by atoms with van der Waals surface area (Å²) in [4.78, 5) is 23.3. The standard InChI is InChI=1S/C27H26ClN3O3/c1-18-24-14-20(28)7-10-25(24)30-26(18)27(32)31(16-21-4-2-3-12-29-21)15-19-5-8-22(9-6-19)34-23-11-13-33-17-23/h2-10,12,14,23,30H,11,13,15-17H2,1H3/t23-/m0/s1. The lowest BCUT2D eigenvalue weighted by molar-refractivity contribution is 0.0722. The third-order valence-electron chi connectivity index (χ3n) is 6.09. The average molecular weight is 476 g/mol. The highest BCUT2D eigenvalue weighted by Crippen LogP contribution is 2.27. The Morgan fingerprint density at radius 3 is 2.76 bits per heavy atom. The van der Waals surface area contributed by atoms with Crippen LogP contribution < -0.4 is 4.74 Å². The molecule has 1 aliphatic heterocycles. The topological polar surface area (TPSA) is 67.5 Å². The molecule has 1 N–H and O–H groups in total. The summed E-state index contributed by atoms with van der Waals surface area (Å²) in [6.07, 6.45) is 2.75. The number of carbonyl (C=O) groups is 1. The van der Waals surface area contributed by atoms with Gasteiger partial charge in [-0.15, -0.1) is 0 Å². The van der Waals surface area contributed by atoms with Gasteiger partial charge in [-0.05, 0) is 60.5 Å². The van der Waals surface area contributed by atoms with Crippen LogP contribution in [0.5, 0.6) is 5.75 Å². The fraction of sp³-hybridized carbons (Fsp3) is 0.259. The second-order valence-corrected chi connectivity index (χ2v) is 8.98. The van der Waals surface area contributed by atoms with Crippen molar-refractivity contribution in [2.45, 2.75) is 32.5 Å². The van der Waals surface area contributed by atoms with Crippen LogP contribution in [0.15, 0.2) is 66.9 Å². The number of rotatable bonds is 7. The number of aryl methyl sites for hydroxylation is 1. The van der Waals surface area contributed by atoms with Crippen LogP contribution in [0.3, 0.4) is 0 Å². The van der Waals surface area contributed by atoms with Gasteiger partial charge in [0.2, 0.25) is 0 Å². The smallest absolute Gasteiger partial charge is 0.271 e. The Kier molecular flexibility index (Phi) is 6.52. The zero-order valence-corrected chi connectivity index (χ0v) is 19.7. The summed E-state index contributed by atoms with van der Waals surface area (Å²) in [6.45, 7) is 4.15. The number of aromatic nitrogens is 2. The van der Waals surface area contributed by atoms with Crippen LogP contribution in [0.1, 0.15) is 33.7 Å². The molecule has 3 heterocycles. The monoisotopic (exact) mass is 475 g/mol. The quantitative estimate of drug-likeness (QED) is 0.381. The largest absolute Gasteiger partial charge is 0.488 e. The lowest BCUT2D eigenvalue weighted by Gasteiger charge is -2.23. The van der Waals surface area contributed by atoms with Crippen LogP contribution in [-0.4, -0.2) is 40.1 Å². The molecule has 0 bridgehead atoms. The molecule has 0 saturated carbocycles. The second-order valence-electron chi connectivity index (χ2n) is 8.54. The first kappa shape index (κ1) is 22.4. The number of halogens is 1. The van der Waals surface area contributed by atoms with Crippen molar-refractivity contribution in [2.75, 3.05) is 13.2 Å². The first-order valence-corrected chi connectivity index (χ1v) is 11.7. The minimum atomic E-state index is -0.0843. The van der Waals surface area contributed by atoms with Crippen LogP contribution >= 0.6 is 11.6 Å². The second kappa shape index (κ2) is 9.87. The number of pyridine rings is 1. The third kappa shape index (κ3) is 4.93. The SMILES string of the molecule is Cc1c(C(=O)N(Cc2ccc(O[C@H]3CCOC3)cc2)Cc2ccccn2)[nH]c2ccc(Cl)cc12. The van der Waals surface area contributed by atoms with Crippen LogP contribution in [0, 0.1) is 6.92 Å². The number of nitrogens with zero attached hydrogens (tertiary/aromatic N) is 2. The molecule has 6 nitrogen and oxygen atoms in total. The van der Waals surface area contributed by atoms with E-state index in [2.05, 4.69) is 9.97 Å². The molecule has 2 aromatic carbocycles. The van der Waals surface area contributed by atoms with Gasteiger partial charge in [-0.25, -0.2) is 0 Å². The van der Waals surface area contributed by atoms with E-state index in [1.807, 2.05) is 72.5 Å². The Morgan fingerprint density at radius 2 is 2.03 bits per heavy atom. The molecule has 34 heavy (non-hydrogen) atoms. The van der Waals surface area contributed by atoms with Crippen LogP contribution in [0.2, 0.25) is 5.02 Å². The van der Waals surface area contributed by atoms with E-state index >= 15 is 0 Å². The number of hydrogen-bond acceptors (Lipinski definition) is 4. The first-order valence-electron chi connectivity index (χ1n) is 11.4. The summed E-state index contributed by atoms with van der Waals surface area (Å²) < 4.78 is 11.4. The van der Waals surface area contributed by atoms with E-state index in [-0.39, 0.29) is 12.0 Å². The number of amides is 1. The van der Waals surface area contributed by atoms with Crippen molar-refractivity contribution in [3.8, 4) is 5.75 Å². The molecule has 174 valence electrons. The first-order chi connectivity index (χ1) is 16.6. The van der Waals surface area contributed by atoms with Crippen LogP contribution in [0.25, 0.3) is 10.9 Å². The zero-order valence-electron chi connectivity index (χ0n) is 19.0. The Hall–Kier alpha value is -3.35. The van der Waals surface area contributed by atoms with Crippen molar-refractivity contribution < 1.29 is 14.3 Å². The Morgan fingerprint density at radius 1 is 1.18 bits per heavy atom. The molecule has 0 aliphatic carbocycles. The van der Waals surface area contributed by atoms with Gasteiger partial charge >= 0.3 is 0 Å². The normalized spacial score (nSPS) is 15.5. The van der Waals surface area contributed by atoms with Crippen molar-refractivity contribution >= 4 is 28.4 Å². The number of hydrogen-bond donors (Lipinski definition) is 1. The Balaban J connectivity index is 1.40. The van der Waals surface area contributed by atoms with Crippen molar-refractivity contribution in [3.05, 3.63) is 94.4 Å². The van der Waals surface area contributed by atoms with Crippen LogP contribution in [-0.2, 0) is 17.8 Å². The van der Waals surface area contributed by atoms with E-state index < -0.39 is 0 Å². The summed E-state index contributed by atoms with van der Waals surface area (Å²) in [5, 5.41) is 1.59. The number of H-pyrrole nitrogens is 1. The minimum Gasteiger partial charge on any atom is -0.488 e. The van der Waals surface area contributed by atoms with E-state index in [4.69, 9.17) is 21.1 Å². The highest BCUT2D eigenvalue weighted by Gasteiger charge is 2.23. The van der Waals surface area contributed by atoms with Gasteiger partial charge in [-0.1, -0.05) is 29.8 Å². The molecular weight excluding hydrogens is 450 g/mol. The van der Waals surface area contributed by atoms with E-state index in [0.29, 0.717) is 30.4 Å². The third-order valence-corrected chi connectivity index (χ3v) is 6.32. The number of ether oxygens (including phenoxy) is 2. The predicted molar refractivity (Wildman–Crippen MR) is 132 cm³/mol. The molecule has 7 heteroatoms. The number of aromatic amines is 1. The Bertz CT molecular complexity index is 1280. The number of fused-ring (bicyclic) bond motifs is 1. The van der Waals surface area contributed by atoms with E-state index in [1.54, 1.807) is 6.20 Å². The van der Waals surface area contributed by atoms with Gasteiger partial charge in [0.15, 0.2) is 0 Å². The molecular formula is C27H26ClN3O3. The highest BCUT2D eigenvalue weighted by atomic mass is 35.5. The van der Waals surface area contributed by atoms with Crippen molar-refractivity contribution in [3.63, 3.8) is 0 Å². The maximum atomic E-state index is 13.7. The minimum absolute atomic E-state index is 0.0843. The van der Waals surface area contributed by atoms with E-state index in [9.17, 15) is 4.79 Å². The summed E-state index contributed by atoms with van der Waals surface area (Å²) in [5.74, 6) is 0.726. The van der Waals surface area contributed by atoms with E-state index in [0.717, 1.165) is 46.5 Å². The molecule has 1 amide bonds. The van der Waals surface area contributed by atoms with Gasteiger partial charge in [0.05, 0.1) is 25.5 Å². The molecule has 4 aromatic rings. The number of nitrogens with one attached hydrogen (secondary N) is 1. The molecule has 0 radical (unpaired) electrons. The number of carbonyl (C=O) groups excluding carboxylic acids is 1. The molecule has 1 atom stereocenters. The van der Waals surface area contributed by atoms with Gasteiger partial charge in [-0.3, -0.25) is 9.78 Å². The van der Waals surface area contributed by atoms with Crippen molar-refractivity contribution in [1.82, 2.24) is 14.9 Å². The fourth-order valence-corrected chi connectivity index (χ4v) is 4.42. The maximum absolute atomic E-state index is 13.7. The number of benzene rings is 2. The molecule has 1 fully saturated rings. The van der Waals surface area contributed by atoms with Gasteiger partial charge in [0.25, 0.3) is 5.91 Å². The Labute approximate surface area is 203 Å². The summed E-state index contributed by atoms with van der Waals surface area (Å²) in [6, 6.07) is 19.2. The van der Waals surface area contributed by atoms with Crippen molar-refractivity contribution in [2.24, 2.45) is 0 Å². The van der Waals surface area contributed by atoms with Crippen molar-refractivity contribution in [1.29, 1.82) is 0 Å².